The van der Waals surface area contributed by atoms with Gasteiger partial charge >= 0.3 is 0 Å². The van der Waals surface area contributed by atoms with Gasteiger partial charge in [0.25, 0.3) is 0 Å². The van der Waals surface area contributed by atoms with E-state index in [2.05, 4.69) is 28.4 Å². The fourth-order valence-electron chi connectivity index (χ4n) is 4.83. The van der Waals surface area contributed by atoms with Gasteiger partial charge in [0.15, 0.2) is 11.5 Å². The Kier molecular flexibility index (Phi) is 7.34. The third-order valence-corrected chi connectivity index (χ3v) is 7.78. The fourth-order valence-corrected chi connectivity index (χ4v) is 6.15. The Bertz CT molecular complexity index is 821. The summed E-state index contributed by atoms with van der Waals surface area (Å²) in [5, 5.41) is 6.41. The Balaban J connectivity index is 1.49. The zero-order chi connectivity index (χ0) is 22.0. The van der Waals surface area contributed by atoms with E-state index < -0.39 is 0 Å². The second-order valence-corrected chi connectivity index (χ2v) is 10.4. The zero-order valence-corrected chi connectivity index (χ0v) is 20.2. The first-order valence-electron chi connectivity index (χ1n) is 11.4. The molecule has 1 amide bonds. The van der Waals surface area contributed by atoms with Gasteiger partial charge in [-0.3, -0.25) is 10.2 Å². The highest BCUT2D eigenvalue weighted by Crippen LogP contribution is 2.41. The largest absolute Gasteiger partial charge is 0.379 e. The highest BCUT2D eigenvalue weighted by Gasteiger charge is 2.51. The number of fused-ring (bicyclic) bond motifs is 3. The average molecular weight is 465 g/mol. The van der Waals surface area contributed by atoms with Crippen LogP contribution >= 0.6 is 23.4 Å². The summed E-state index contributed by atoms with van der Waals surface area (Å²) in [5.74, 6) is 1.65. The van der Waals surface area contributed by atoms with Crippen LogP contribution in [0, 0.1) is 11.8 Å². The molecule has 3 aliphatic rings. The molecular formula is C23H33ClN4O2S. The minimum Gasteiger partial charge on any atom is -0.379 e. The second kappa shape index (κ2) is 10.0. The smallest absolute Gasteiger partial charge is 0.230 e. The summed E-state index contributed by atoms with van der Waals surface area (Å²) in [6, 6.07) is 8.16. The number of hydrogen-bond donors (Lipinski definition) is 1. The lowest BCUT2D eigenvalue weighted by Crippen LogP contribution is -2.67. The number of benzene rings is 1. The van der Waals surface area contributed by atoms with Crippen molar-refractivity contribution in [3.8, 4) is 0 Å². The zero-order valence-electron chi connectivity index (χ0n) is 18.6. The number of carbonyl (C=O) groups is 1. The molecule has 0 aromatic heterocycles. The van der Waals surface area contributed by atoms with Crippen LogP contribution in [0.15, 0.2) is 29.4 Å². The van der Waals surface area contributed by atoms with Crippen LogP contribution in [0.4, 0.5) is 0 Å². The number of halogens is 1. The standard InChI is InChI=1S/C23H33ClN4O2S/c1-15(2)30-12-6-11-27-21(29)18-13-16(3)9-10-20(18)28-22(27)25-26-23(28)31-14-17-7-4-5-8-19(17)24/h4-5,7-8,15-16,18,20,22,25H,6,9-14H2,1-3H3. The number of nitrogens with one attached hydrogen (secondary N) is 1. The van der Waals surface area contributed by atoms with Crippen LogP contribution < -0.4 is 5.43 Å². The first kappa shape index (κ1) is 22.7. The van der Waals surface area contributed by atoms with Gasteiger partial charge in [-0.25, -0.2) is 0 Å². The van der Waals surface area contributed by atoms with Crippen LogP contribution in [0.2, 0.25) is 5.02 Å². The second-order valence-electron chi connectivity index (χ2n) is 9.08. The van der Waals surface area contributed by atoms with Crippen molar-refractivity contribution in [3.63, 3.8) is 0 Å². The Hall–Kier alpha value is -1.44. The molecule has 1 saturated carbocycles. The maximum absolute atomic E-state index is 13.4. The molecule has 0 spiro atoms. The molecular weight excluding hydrogens is 432 g/mol. The monoisotopic (exact) mass is 464 g/mol. The predicted octanol–water partition coefficient (Wildman–Crippen LogP) is 4.50. The van der Waals surface area contributed by atoms with E-state index in [1.807, 2.05) is 36.9 Å². The molecule has 31 heavy (non-hydrogen) atoms. The molecule has 170 valence electrons. The lowest BCUT2D eigenvalue weighted by atomic mass is 9.76. The van der Waals surface area contributed by atoms with E-state index in [-0.39, 0.29) is 30.3 Å². The van der Waals surface area contributed by atoms with E-state index in [1.165, 1.54) is 0 Å². The predicted molar refractivity (Wildman–Crippen MR) is 127 cm³/mol. The van der Waals surface area contributed by atoms with E-state index in [0.29, 0.717) is 19.1 Å². The van der Waals surface area contributed by atoms with Gasteiger partial charge < -0.3 is 14.5 Å². The topological polar surface area (TPSA) is 57.2 Å². The van der Waals surface area contributed by atoms with Gasteiger partial charge in [-0.2, -0.15) is 5.10 Å². The lowest BCUT2D eigenvalue weighted by Gasteiger charge is -2.51. The van der Waals surface area contributed by atoms with Crippen LogP contribution in [0.5, 0.6) is 0 Å². The minimum absolute atomic E-state index is 0.0389. The summed E-state index contributed by atoms with van der Waals surface area (Å²) in [6.45, 7) is 7.68. The molecule has 2 fully saturated rings. The van der Waals surface area contributed by atoms with Crippen LogP contribution in [0.3, 0.4) is 0 Å². The van der Waals surface area contributed by atoms with Crippen molar-refractivity contribution < 1.29 is 9.53 Å². The number of hydrogen-bond acceptors (Lipinski definition) is 6. The number of amides is 1. The van der Waals surface area contributed by atoms with E-state index >= 15 is 0 Å². The average Bonchev–Trinajstić information content (AvgIpc) is 3.16. The normalized spacial score (nSPS) is 27.8. The molecule has 0 radical (unpaired) electrons. The van der Waals surface area contributed by atoms with Gasteiger partial charge in [0.05, 0.1) is 12.0 Å². The SMILES string of the molecule is CC1CCC2C(C1)C(=O)N(CCCOC(C)C)C1NN=C(SCc3ccccc3Cl)N21. The van der Waals surface area contributed by atoms with Crippen molar-refractivity contribution in [1.29, 1.82) is 0 Å². The molecule has 4 unspecified atom stereocenters. The number of hydrazone groups is 1. The van der Waals surface area contributed by atoms with Crippen molar-refractivity contribution in [1.82, 2.24) is 15.2 Å². The lowest BCUT2D eigenvalue weighted by molar-refractivity contribution is -0.156. The number of amidine groups is 1. The molecule has 4 atom stereocenters. The Labute approximate surface area is 194 Å². The molecule has 1 aromatic rings. The highest BCUT2D eigenvalue weighted by molar-refractivity contribution is 8.13. The summed E-state index contributed by atoms with van der Waals surface area (Å²) in [4.78, 5) is 17.8. The number of carbonyl (C=O) groups excluding carboxylic acids is 1. The molecule has 2 aliphatic heterocycles. The molecule has 6 nitrogen and oxygen atoms in total. The van der Waals surface area contributed by atoms with Crippen LogP contribution in [0.1, 0.15) is 52.0 Å². The number of ether oxygens (including phenoxy) is 1. The van der Waals surface area contributed by atoms with E-state index in [1.54, 1.807) is 11.8 Å². The Morgan fingerprint density at radius 3 is 2.90 bits per heavy atom. The maximum atomic E-state index is 13.4. The Morgan fingerprint density at radius 2 is 2.13 bits per heavy atom. The van der Waals surface area contributed by atoms with Gasteiger partial charge in [-0.05, 0) is 57.1 Å². The maximum Gasteiger partial charge on any atom is 0.230 e. The molecule has 1 N–H and O–H groups in total. The van der Waals surface area contributed by atoms with Gasteiger partial charge in [0, 0.05) is 30.0 Å². The molecule has 1 aromatic carbocycles. The number of nitrogens with zero attached hydrogens (tertiary/aromatic N) is 3. The van der Waals surface area contributed by atoms with E-state index in [0.717, 1.165) is 47.2 Å². The number of thioether (sulfide) groups is 1. The molecule has 1 saturated heterocycles. The third-order valence-electron chi connectivity index (χ3n) is 6.40. The van der Waals surface area contributed by atoms with Crippen molar-refractivity contribution in [3.05, 3.63) is 34.9 Å². The van der Waals surface area contributed by atoms with Crippen molar-refractivity contribution in [2.45, 2.75) is 70.6 Å². The molecule has 8 heteroatoms. The van der Waals surface area contributed by atoms with Crippen LogP contribution in [-0.4, -0.2) is 52.5 Å². The molecule has 1 aliphatic carbocycles. The van der Waals surface area contributed by atoms with Crippen molar-refractivity contribution >= 4 is 34.4 Å². The van der Waals surface area contributed by atoms with E-state index in [9.17, 15) is 4.79 Å². The van der Waals surface area contributed by atoms with Gasteiger partial charge in [0.2, 0.25) is 5.91 Å². The summed E-state index contributed by atoms with van der Waals surface area (Å²) < 4.78 is 5.71. The molecule has 2 heterocycles. The minimum atomic E-state index is -0.199. The van der Waals surface area contributed by atoms with Gasteiger partial charge in [0.1, 0.15) is 0 Å². The Morgan fingerprint density at radius 1 is 1.32 bits per heavy atom. The summed E-state index contributed by atoms with van der Waals surface area (Å²) >= 11 is 8.06. The summed E-state index contributed by atoms with van der Waals surface area (Å²) in [6.07, 6.45) is 3.97. The molecule has 0 bridgehead atoms. The summed E-state index contributed by atoms with van der Waals surface area (Å²) in [7, 11) is 0. The van der Waals surface area contributed by atoms with Crippen molar-refractivity contribution in [2.24, 2.45) is 16.9 Å². The quantitative estimate of drug-likeness (QED) is 0.602. The first-order chi connectivity index (χ1) is 15.0. The van der Waals surface area contributed by atoms with Crippen LogP contribution in [0.25, 0.3) is 0 Å². The number of rotatable bonds is 7. The summed E-state index contributed by atoms with van der Waals surface area (Å²) in [5.41, 5.74) is 4.36. The van der Waals surface area contributed by atoms with E-state index in [4.69, 9.17) is 16.3 Å². The fraction of sp³-hybridized carbons (Fsp3) is 0.652. The van der Waals surface area contributed by atoms with Gasteiger partial charge in [-0.1, -0.05) is 48.5 Å². The van der Waals surface area contributed by atoms with Gasteiger partial charge in [-0.15, -0.1) is 0 Å². The molecule has 4 rings (SSSR count). The van der Waals surface area contributed by atoms with Crippen LogP contribution in [-0.2, 0) is 15.3 Å². The first-order valence-corrected chi connectivity index (χ1v) is 12.7. The van der Waals surface area contributed by atoms with Crippen molar-refractivity contribution in [2.75, 3.05) is 13.2 Å². The highest BCUT2D eigenvalue weighted by atomic mass is 35.5. The third kappa shape index (κ3) is 4.99.